The van der Waals surface area contributed by atoms with Gasteiger partial charge in [-0.25, -0.2) is 4.39 Å². The fourth-order valence-corrected chi connectivity index (χ4v) is 2.89. The van der Waals surface area contributed by atoms with Gasteiger partial charge in [0.15, 0.2) is 0 Å². The lowest BCUT2D eigenvalue weighted by molar-refractivity contribution is 0.161. The van der Waals surface area contributed by atoms with E-state index in [1.165, 1.54) is 12.1 Å². The van der Waals surface area contributed by atoms with Crippen molar-refractivity contribution in [3.8, 4) is 5.75 Å². The minimum Gasteiger partial charge on any atom is -0.485 e. The summed E-state index contributed by atoms with van der Waals surface area (Å²) in [5.41, 5.74) is 7.90. The van der Waals surface area contributed by atoms with Gasteiger partial charge in [0.1, 0.15) is 17.7 Å². The van der Waals surface area contributed by atoms with E-state index < -0.39 is 5.82 Å². The second-order valence-electron chi connectivity index (χ2n) is 4.80. The Balaban J connectivity index is 1.94. The largest absolute Gasteiger partial charge is 0.485 e. The van der Waals surface area contributed by atoms with E-state index in [2.05, 4.69) is 15.9 Å². The number of halogens is 3. The lowest BCUT2D eigenvalue weighted by Gasteiger charge is -2.30. The lowest BCUT2D eigenvalue weighted by atomic mass is 9.93. The molecule has 20 heavy (non-hydrogen) atoms. The zero-order valence-corrected chi connectivity index (χ0v) is 12.8. The van der Waals surface area contributed by atoms with Crippen LogP contribution in [0.4, 0.5) is 4.39 Å². The van der Waals surface area contributed by atoms with E-state index >= 15 is 0 Å². The maximum atomic E-state index is 13.6. The summed E-state index contributed by atoms with van der Waals surface area (Å²) in [6, 6.07) is 10.3. The van der Waals surface area contributed by atoms with Crippen LogP contribution in [0.15, 0.2) is 40.9 Å². The summed E-state index contributed by atoms with van der Waals surface area (Å²) in [7, 11) is 0. The highest BCUT2D eigenvalue weighted by atomic mass is 79.9. The molecule has 0 spiro atoms. The van der Waals surface area contributed by atoms with Gasteiger partial charge in [-0.2, -0.15) is 0 Å². The van der Waals surface area contributed by atoms with Crippen LogP contribution in [-0.2, 0) is 0 Å². The Hall–Kier alpha value is -1.10. The van der Waals surface area contributed by atoms with Crippen LogP contribution in [-0.4, -0.2) is 0 Å². The molecule has 1 aliphatic rings. The van der Waals surface area contributed by atoms with Gasteiger partial charge >= 0.3 is 0 Å². The average Bonchev–Trinajstić information content (AvgIpc) is 2.42. The van der Waals surface area contributed by atoms with Crippen LogP contribution in [0, 0.1) is 5.82 Å². The highest BCUT2D eigenvalue weighted by Gasteiger charge is 2.27. The zero-order chi connectivity index (χ0) is 14.3. The Kier molecular flexibility index (Phi) is 3.71. The third kappa shape index (κ3) is 2.55. The fraction of sp³-hybridized carbons (Fsp3) is 0.200. The second kappa shape index (κ2) is 5.35. The molecule has 1 aliphatic heterocycles. The first kappa shape index (κ1) is 13.9. The SMILES string of the molecule is N[C@H]1CC(c2ccc(Cl)c(F)c2)Oc2ccc(Br)cc21. The molecule has 1 heterocycles. The Morgan fingerprint density at radius 2 is 2.05 bits per heavy atom. The maximum Gasteiger partial charge on any atom is 0.142 e. The van der Waals surface area contributed by atoms with Crippen LogP contribution in [0.1, 0.15) is 29.7 Å². The quantitative estimate of drug-likeness (QED) is 0.799. The molecule has 2 N–H and O–H groups in total. The third-order valence-corrected chi connectivity index (χ3v) is 4.22. The summed E-state index contributed by atoms with van der Waals surface area (Å²) in [5.74, 6) is 0.301. The van der Waals surface area contributed by atoms with Crippen molar-refractivity contribution in [3.05, 3.63) is 62.8 Å². The molecule has 2 aromatic rings. The second-order valence-corrected chi connectivity index (χ2v) is 6.13. The van der Waals surface area contributed by atoms with Gasteiger partial charge < -0.3 is 10.5 Å². The van der Waals surface area contributed by atoms with Crippen molar-refractivity contribution in [1.29, 1.82) is 0 Å². The van der Waals surface area contributed by atoms with Crippen LogP contribution in [0.2, 0.25) is 5.02 Å². The van der Waals surface area contributed by atoms with E-state index in [9.17, 15) is 4.39 Å². The van der Waals surface area contributed by atoms with Crippen molar-refractivity contribution < 1.29 is 9.13 Å². The molecule has 0 saturated heterocycles. The maximum absolute atomic E-state index is 13.6. The van der Waals surface area contributed by atoms with Crippen molar-refractivity contribution >= 4 is 27.5 Å². The molecule has 0 radical (unpaired) electrons. The predicted octanol–water partition coefficient (Wildman–Crippen LogP) is 4.77. The summed E-state index contributed by atoms with van der Waals surface area (Å²) in [5, 5.41) is 0.109. The van der Waals surface area contributed by atoms with Crippen LogP contribution in [0.25, 0.3) is 0 Å². The summed E-state index contributed by atoms with van der Waals surface area (Å²) in [4.78, 5) is 0. The minimum atomic E-state index is -0.442. The Bertz CT molecular complexity index is 664. The number of rotatable bonds is 1. The first-order valence-electron chi connectivity index (χ1n) is 6.21. The minimum absolute atomic E-state index is 0.109. The predicted molar refractivity (Wildman–Crippen MR) is 80.5 cm³/mol. The summed E-state index contributed by atoms with van der Waals surface area (Å²) < 4.78 is 20.4. The molecule has 0 aromatic heterocycles. The number of fused-ring (bicyclic) bond motifs is 1. The normalized spacial score (nSPS) is 21.2. The molecule has 104 valence electrons. The van der Waals surface area contributed by atoms with Gasteiger partial charge in [-0.05, 0) is 35.9 Å². The van der Waals surface area contributed by atoms with Gasteiger partial charge in [-0.1, -0.05) is 33.6 Å². The van der Waals surface area contributed by atoms with Crippen molar-refractivity contribution in [1.82, 2.24) is 0 Å². The van der Waals surface area contributed by atoms with E-state index in [4.69, 9.17) is 22.1 Å². The molecule has 0 aliphatic carbocycles. The Labute approximate surface area is 129 Å². The fourth-order valence-electron chi connectivity index (χ4n) is 2.39. The summed E-state index contributed by atoms with van der Waals surface area (Å²) in [6.07, 6.45) is 0.343. The molecule has 3 rings (SSSR count). The average molecular weight is 357 g/mol. The van der Waals surface area contributed by atoms with E-state index in [-0.39, 0.29) is 17.2 Å². The van der Waals surface area contributed by atoms with Gasteiger partial charge in [0.05, 0.1) is 5.02 Å². The van der Waals surface area contributed by atoms with Gasteiger partial charge in [0.2, 0.25) is 0 Å². The van der Waals surface area contributed by atoms with Crippen molar-refractivity contribution in [3.63, 3.8) is 0 Å². The molecule has 0 amide bonds. The molecule has 0 saturated carbocycles. The highest BCUT2D eigenvalue weighted by molar-refractivity contribution is 9.10. The molecular formula is C15H12BrClFNO. The van der Waals surface area contributed by atoms with Gasteiger partial charge in [0, 0.05) is 22.5 Å². The van der Waals surface area contributed by atoms with E-state index in [0.29, 0.717) is 6.42 Å². The van der Waals surface area contributed by atoms with Gasteiger partial charge in [-0.15, -0.1) is 0 Å². The molecule has 0 fully saturated rings. The zero-order valence-electron chi connectivity index (χ0n) is 10.4. The molecule has 5 heteroatoms. The smallest absolute Gasteiger partial charge is 0.142 e. The van der Waals surface area contributed by atoms with Gasteiger partial charge in [0.25, 0.3) is 0 Å². The number of hydrogen-bond donors (Lipinski definition) is 1. The van der Waals surface area contributed by atoms with Crippen LogP contribution in [0.3, 0.4) is 0 Å². The van der Waals surface area contributed by atoms with Crippen LogP contribution < -0.4 is 10.5 Å². The standard InChI is InChI=1S/C15H12BrClFNO/c16-9-2-4-14-10(6-9)13(19)7-15(20-14)8-1-3-11(17)12(18)5-8/h1-6,13,15H,7,19H2/t13-,15?/m0/s1. The number of ether oxygens (including phenoxy) is 1. The topological polar surface area (TPSA) is 35.2 Å². The summed E-state index contributed by atoms with van der Waals surface area (Å²) in [6.45, 7) is 0. The lowest BCUT2D eigenvalue weighted by Crippen LogP contribution is -2.24. The first-order valence-corrected chi connectivity index (χ1v) is 7.38. The number of benzene rings is 2. The van der Waals surface area contributed by atoms with Gasteiger partial charge in [-0.3, -0.25) is 0 Å². The Morgan fingerprint density at radius 3 is 2.80 bits per heavy atom. The van der Waals surface area contributed by atoms with Crippen LogP contribution >= 0.6 is 27.5 Å². The van der Waals surface area contributed by atoms with E-state index in [1.54, 1.807) is 6.07 Å². The highest BCUT2D eigenvalue weighted by Crippen LogP contribution is 2.41. The third-order valence-electron chi connectivity index (χ3n) is 3.42. The summed E-state index contributed by atoms with van der Waals surface area (Å²) >= 11 is 9.12. The molecule has 2 atom stereocenters. The van der Waals surface area contributed by atoms with E-state index in [1.807, 2.05) is 18.2 Å². The first-order chi connectivity index (χ1) is 9.54. The molecule has 1 unspecified atom stereocenters. The molecule has 2 nitrogen and oxygen atoms in total. The number of nitrogens with two attached hydrogens (primary N) is 1. The monoisotopic (exact) mass is 355 g/mol. The Morgan fingerprint density at radius 1 is 1.25 bits per heavy atom. The molecular weight excluding hydrogens is 345 g/mol. The van der Waals surface area contributed by atoms with E-state index in [0.717, 1.165) is 21.3 Å². The molecule has 0 bridgehead atoms. The van der Waals surface area contributed by atoms with Crippen molar-refractivity contribution in [2.45, 2.75) is 18.6 Å². The van der Waals surface area contributed by atoms with Crippen LogP contribution in [0.5, 0.6) is 5.75 Å². The molecule has 2 aromatic carbocycles. The number of hydrogen-bond acceptors (Lipinski definition) is 2. The van der Waals surface area contributed by atoms with Crippen molar-refractivity contribution in [2.75, 3.05) is 0 Å². The van der Waals surface area contributed by atoms with Crippen molar-refractivity contribution in [2.24, 2.45) is 5.73 Å².